The minimum atomic E-state index is -0.465. The van der Waals surface area contributed by atoms with Gasteiger partial charge in [-0.1, -0.05) is 6.07 Å². The van der Waals surface area contributed by atoms with Crippen molar-refractivity contribution in [3.05, 3.63) is 59.4 Å². The lowest BCUT2D eigenvalue weighted by molar-refractivity contribution is -0.114. The van der Waals surface area contributed by atoms with Crippen molar-refractivity contribution in [1.29, 1.82) is 0 Å². The average molecular weight is 327 g/mol. The molecule has 0 saturated carbocycles. The van der Waals surface area contributed by atoms with E-state index in [4.69, 9.17) is 0 Å². The molecule has 0 radical (unpaired) electrons. The number of benzene rings is 1. The van der Waals surface area contributed by atoms with Gasteiger partial charge in [0.1, 0.15) is 0 Å². The third kappa shape index (κ3) is 4.64. The molecule has 1 aromatic carbocycles. The quantitative estimate of drug-likeness (QED) is 0.816. The Kier molecular flexibility index (Phi) is 5.62. The normalized spacial score (nSPS) is 9.92. The lowest BCUT2D eigenvalue weighted by Crippen LogP contribution is -2.23. The molecular formula is C17H17N3O4. The highest BCUT2D eigenvalue weighted by Crippen LogP contribution is 2.11. The number of ether oxygens (including phenoxy) is 1. The molecule has 7 heteroatoms. The number of amides is 2. The number of hydrogen-bond donors (Lipinski definition) is 2. The summed E-state index contributed by atoms with van der Waals surface area (Å²) in [4.78, 5) is 38.8. The third-order valence-electron chi connectivity index (χ3n) is 3.11. The lowest BCUT2D eigenvalue weighted by atomic mass is 10.2. The molecule has 124 valence electrons. The van der Waals surface area contributed by atoms with Gasteiger partial charge >= 0.3 is 5.97 Å². The molecule has 0 aliphatic heterocycles. The Labute approximate surface area is 139 Å². The van der Waals surface area contributed by atoms with Crippen molar-refractivity contribution in [2.45, 2.75) is 13.5 Å². The maximum absolute atomic E-state index is 12.2. The molecule has 0 unspecified atom stereocenters. The van der Waals surface area contributed by atoms with Crippen LogP contribution < -0.4 is 10.6 Å². The van der Waals surface area contributed by atoms with Crippen LogP contribution in [-0.2, 0) is 16.1 Å². The van der Waals surface area contributed by atoms with Gasteiger partial charge in [0, 0.05) is 24.4 Å². The number of nitrogens with zero attached hydrogens (tertiary/aromatic N) is 1. The molecule has 7 nitrogen and oxygen atoms in total. The van der Waals surface area contributed by atoms with Gasteiger partial charge in [0.15, 0.2) is 0 Å². The number of nitrogens with one attached hydrogen (secondary N) is 2. The van der Waals surface area contributed by atoms with Crippen molar-refractivity contribution >= 4 is 23.5 Å². The molecule has 0 aliphatic carbocycles. The second-order valence-corrected chi connectivity index (χ2v) is 4.97. The summed E-state index contributed by atoms with van der Waals surface area (Å²) < 4.78 is 4.64. The Balaban J connectivity index is 2.03. The molecule has 0 fully saturated rings. The zero-order valence-corrected chi connectivity index (χ0v) is 13.3. The Hall–Kier alpha value is -3.22. The van der Waals surface area contributed by atoms with Crippen molar-refractivity contribution in [1.82, 2.24) is 10.3 Å². The summed E-state index contributed by atoms with van der Waals surface area (Å²) in [6.07, 6.45) is 1.48. The summed E-state index contributed by atoms with van der Waals surface area (Å²) in [6, 6.07) is 9.68. The molecule has 2 aromatic rings. The maximum atomic E-state index is 12.2. The predicted molar refractivity (Wildman–Crippen MR) is 87.5 cm³/mol. The van der Waals surface area contributed by atoms with Gasteiger partial charge in [-0.25, -0.2) is 4.79 Å². The molecule has 0 saturated heterocycles. The van der Waals surface area contributed by atoms with E-state index < -0.39 is 5.97 Å². The SMILES string of the molecule is COC(=O)c1ccnc(CNC(=O)c2cccc(NC(C)=O)c2)c1. The van der Waals surface area contributed by atoms with Crippen molar-refractivity contribution in [3.8, 4) is 0 Å². The van der Waals surface area contributed by atoms with Crippen LogP contribution in [0.25, 0.3) is 0 Å². The highest BCUT2D eigenvalue weighted by atomic mass is 16.5. The van der Waals surface area contributed by atoms with Crippen LogP contribution >= 0.6 is 0 Å². The minimum Gasteiger partial charge on any atom is -0.465 e. The number of aromatic nitrogens is 1. The maximum Gasteiger partial charge on any atom is 0.337 e. The van der Waals surface area contributed by atoms with E-state index in [9.17, 15) is 14.4 Å². The average Bonchev–Trinajstić information content (AvgIpc) is 2.59. The number of carbonyl (C=O) groups is 3. The van der Waals surface area contributed by atoms with Crippen molar-refractivity contribution in [3.63, 3.8) is 0 Å². The lowest BCUT2D eigenvalue weighted by Gasteiger charge is -2.08. The van der Waals surface area contributed by atoms with E-state index in [0.29, 0.717) is 22.5 Å². The standard InChI is InChI=1S/C17H17N3O4/c1-11(21)20-14-5-3-4-12(8-14)16(22)19-10-15-9-13(6-7-18-15)17(23)24-2/h3-9H,10H2,1-2H3,(H,19,22)(H,20,21). The fourth-order valence-electron chi connectivity index (χ4n) is 2.03. The van der Waals surface area contributed by atoms with Gasteiger partial charge in [0.25, 0.3) is 5.91 Å². The fraction of sp³-hybridized carbons (Fsp3) is 0.176. The van der Waals surface area contributed by atoms with Crippen LogP contribution in [0.1, 0.15) is 33.3 Å². The van der Waals surface area contributed by atoms with Crippen LogP contribution in [0.5, 0.6) is 0 Å². The minimum absolute atomic E-state index is 0.161. The molecule has 0 bridgehead atoms. The van der Waals surface area contributed by atoms with Crippen LogP contribution in [0.4, 0.5) is 5.69 Å². The molecule has 0 atom stereocenters. The second kappa shape index (κ2) is 7.87. The molecule has 2 N–H and O–H groups in total. The topological polar surface area (TPSA) is 97.4 Å². The molecule has 24 heavy (non-hydrogen) atoms. The van der Waals surface area contributed by atoms with Gasteiger partial charge in [-0.3, -0.25) is 14.6 Å². The molecular weight excluding hydrogens is 310 g/mol. The molecule has 0 spiro atoms. The summed E-state index contributed by atoms with van der Waals surface area (Å²) >= 11 is 0. The molecule has 1 heterocycles. The summed E-state index contributed by atoms with van der Waals surface area (Å²) in [5.41, 5.74) is 1.85. The largest absolute Gasteiger partial charge is 0.465 e. The number of carbonyl (C=O) groups excluding carboxylic acids is 3. The van der Waals surface area contributed by atoms with E-state index in [1.165, 1.54) is 26.3 Å². The van der Waals surface area contributed by atoms with Crippen LogP contribution in [-0.4, -0.2) is 29.9 Å². The van der Waals surface area contributed by atoms with Gasteiger partial charge in [-0.05, 0) is 30.3 Å². The van der Waals surface area contributed by atoms with Crippen LogP contribution in [0.3, 0.4) is 0 Å². The highest BCUT2D eigenvalue weighted by Gasteiger charge is 2.09. The fourth-order valence-corrected chi connectivity index (χ4v) is 2.03. The Morgan fingerprint density at radius 3 is 2.62 bits per heavy atom. The molecule has 0 aliphatic rings. The van der Waals surface area contributed by atoms with Crippen molar-refractivity contribution < 1.29 is 19.1 Å². The first-order valence-electron chi connectivity index (χ1n) is 7.18. The molecule has 2 amide bonds. The number of esters is 1. The Bertz CT molecular complexity index is 774. The Morgan fingerprint density at radius 2 is 1.92 bits per heavy atom. The second-order valence-electron chi connectivity index (χ2n) is 4.97. The van der Waals surface area contributed by atoms with E-state index in [1.807, 2.05) is 0 Å². The zero-order chi connectivity index (χ0) is 17.5. The van der Waals surface area contributed by atoms with Gasteiger partial charge in [0.05, 0.1) is 24.9 Å². The van der Waals surface area contributed by atoms with E-state index in [2.05, 4.69) is 20.4 Å². The number of anilines is 1. The summed E-state index contributed by atoms with van der Waals surface area (Å²) in [6.45, 7) is 1.56. The van der Waals surface area contributed by atoms with Crippen molar-refractivity contribution in [2.75, 3.05) is 12.4 Å². The Morgan fingerprint density at radius 1 is 1.12 bits per heavy atom. The van der Waals surface area contributed by atoms with Gasteiger partial charge in [0.2, 0.25) is 5.91 Å². The first-order chi connectivity index (χ1) is 11.5. The summed E-state index contributed by atoms with van der Waals surface area (Å²) in [7, 11) is 1.30. The van der Waals surface area contributed by atoms with Crippen molar-refractivity contribution in [2.24, 2.45) is 0 Å². The first-order valence-corrected chi connectivity index (χ1v) is 7.18. The predicted octanol–water partition coefficient (Wildman–Crippen LogP) is 1.76. The van der Waals surface area contributed by atoms with E-state index >= 15 is 0 Å². The molecule has 1 aromatic heterocycles. The molecule has 2 rings (SSSR count). The first kappa shape index (κ1) is 17.1. The van der Waals surface area contributed by atoms with Gasteiger partial charge in [-0.2, -0.15) is 0 Å². The summed E-state index contributed by atoms with van der Waals surface area (Å²) in [5, 5.41) is 5.33. The van der Waals surface area contributed by atoms with Gasteiger partial charge < -0.3 is 15.4 Å². The van der Waals surface area contributed by atoms with Crippen LogP contribution in [0.15, 0.2) is 42.6 Å². The van der Waals surface area contributed by atoms with E-state index in [1.54, 1.807) is 30.3 Å². The van der Waals surface area contributed by atoms with Crippen LogP contribution in [0.2, 0.25) is 0 Å². The third-order valence-corrected chi connectivity index (χ3v) is 3.11. The smallest absolute Gasteiger partial charge is 0.337 e. The number of methoxy groups -OCH3 is 1. The van der Waals surface area contributed by atoms with Crippen LogP contribution in [0, 0.1) is 0 Å². The number of pyridine rings is 1. The number of hydrogen-bond acceptors (Lipinski definition) is 5. The van der Waals surface area contributed by atoms with E-state index in [-0.39, 0.29) is 18.4 Å². The van der Waals surface area contributed by atoms with E-state index in [0.717, 1.165) is 0 Å². The zero-order valence-electron chi connectivity index (χ0n) is 13.3. The summed E-state index contributed by atoms with van der Waals surface area (Å²) in [5.74, 6) is -0.989. The highest BCUT2D eigenvalue weighted by molar-refractivity contribution is 5.96. The van der Waals surface area contributed by atoms with Gasteiger partial charge in [-0.15, -0.1) is 0 Å². The monoisotopic (exact) mass is 327 g/mol. The number of rotatable bonds is 5.